The van der Waals surface area contributed by atoms with Gasteiger partial charge in [0, 0.05) is 38.9 Å². The Morgan fingerprint density at radius 2 is 1.86 bits per heavy atom. The highest BCUT2D eigenvalue weighted by molar-refractivity contribution is 9.09. The van der Waals surface area contributed by atoms with Gasteiger partial charge >= 0.3 is 0 Å². The maximum absolute atomic E-state index is 8.53. The summed E-state index contributed by atoms with van der Waals surface area (Å²) < 4.78 is 0. The van der Waals surface area contributed by atoms with E-state index >= 15 is 0 Å². The predicted molar refractivity (Wildman–Crippen MR) is 95.0 cm³/mol. The smallest absolute Gasteiger partial charge is 0.0730 e. The number of nitrogens with one attached hydrogen (secondary N) is 1. The molecule has 0 fully saturated rings. The molecule has 22 heavy (non-hydrogen) atoms. The number of anilines is 1. The van der Waals surface area contributed by atoms with Gasteiger partial charge in [0.05, 0.1) is 11.0 Å². The maximum Gasteiger partial charge on any atom is 0.0730 e. The third-order valence-corrected chi connectivity index (χ3v) is 3.96. The van der Waals surface area contributed by atoms with Gasteiger partial charge in [0.25, 0.3) is 0 Å². The second-order valence-corrected chi connectivity index (χ2v) is 5.72. The van der Waals surface area contributed by atoms with Crippen molar-refractivity contribution >= 4 is 49.1 Å². The molecular formula is C16H14BrN5. The zero-order valence-corrected chi connectivity index (χ0v) is 13.4. The highest BCUT2D eigenvalue weighted by Gasteiger charge is 2.02. The summed E-state index contributed by atoms with van der Waals surface area (Å²) in [5.74, 6) is 0. The predicted octanol–water partition coefficient (Wildman–Crippen LogP) is 5.53. The Hall–Kier alpha value is -2.30. The molecular weight excluding hydrogens is 342 g/mol. The molecule has 0 radical (unpaired) electrons. The minimum Gasteiger partial charge on any atom is -0.385 e. The van der Waals surface area contributed by atoms with Crippen molar-refractivity contribution < 1.29 is 0 Å². The zero-order valence-electron chi connectivity index (χ0n) is 11.8. The number of nitrogens with zero attached hydrogens (tertiary/aromatic N) is 4. The van der Waals surface area contributed by atoms with Gasteiger partial charge in [0.1, 0.15) is 0 Å². The van der Waals surface area contributed by atoms with Gasteiger partial charge < -0.3 is 5.32 Å². The Morgan fingerprint density at radius 3 is 2.64 bits per heavy atom. The third-order valence-electron chi connectivity index (χ3n) is 3.40. The number of aromatic nitrogens is 1. The molecule has 0 aliphatic rings. The number of benzene rings is 2. The summed E-state index contributed by atoms with van der Waals surface area (Å²) in [6.07, 6.45) is 1.07. The molecule has 3 rings (SSSR count). The molecule has 0 amide bonds. The molecule has 0 aliphatic heterocycles. The van der Waals surface area contributed by atoms with Crippen LogP contribution in [0.2, 0.25) is 0 Å². The summed E-state index contributed by atoms with van der Waals surface area (Å²) >= 11 is 3.42. The van der Waals surface area contributed by atoms with Gasteiger partial charge in [0.2, 0.25) is 0 Å². The van der Waals surface area contributed by atoms with E-state index in [2.05, 4.69) is 54.5 Å². The first kappa shape index (κ1) is 14.6. The van der Waals surface area contributed by atoms with Gasteiger partial charge in [-0.1, -0.05) is 39.2 Å². The number of halogens is 1. The number of hydrogen-bond donors (Lipinski definition) is 1. The summed E-state index contributed by atoms with van der Waals surface area (Å²) in [5.41, 5.74) is 11.9. The Bertz CT molecular complexity index is 871. The summed E-state index contributed by atoms with van der Waals surface area (Å²) in [7, 11) is 0. The van der Waals surface area contributed by atoms with Gasteiger partial charge in [0.15, 0.2) is 0 Å². The van der Waals surface area contributed by atoms with Crippen LogP contribution in [0.4, 0.5) is 11.4 Å². The van der Waals surface area contributed by atoms with Crippen molar-refractivity contribution in [2.75, 3.05) is 17.2 Å². The molecule has 0 saturated carbocycles. The van der Waals surface area contributed by atoms with E-state index in [-0.39, 0.29) is 0 Å². The highest BCUT2D eigenvalue weighted by Crippen LogP contribution is 2.25. The Balaban J connectivity index is 2.02. The quantitative estimate of drug-likeness (QED) is 0.163. The first-order valence-corrected chi connectivity index (χ1v) is 8.12. The molecule has 0 bridgehead atoms. The molecule has 0 unspecified atom stereocenters. The molecule has 3 aromatic rings. The van der Waals surface area contributed by atoms with Crippen molar-refractivity contribution in [3.8, 4) is 0 Å². The topological polar surface area (TPSA) is 73.7 Å². The van der Waals surface area contributed by atoms with Crippen LogP contribution in [0.25, 0.3) is 32.2 Å². The van der Waals surface area contributed by atoms with E-state index in [0.29, 0.717) is 5.69 Å². The number of rotatable bonds is 5. The van der Waals surface area contributed by atoms with Gasteiger partial charge in [-0.2, -0.15) is 0 Å². The molecule has 0 spiro atoms. The summed E-state index contributed by atoms with van der Waals surface area (Å²) in [6.45, 7) is 0.922. The Labute approximate surface area is 136 Å². The van der Waals surface area contributed by atoms with E-state index in [0.717, 1.165) is 45.8 Å². The molecule has 0 aliphatic carbocycles. The summed E-state index contributed by atoms with van der Waals surface area (Å²) in [6, 6.07) is 13.8. The van der Waals surface area contributed by atoms with Gasteiger partial charge in [-0.3, -0.25) is 0 Å². The number of fused-ring (bicyclic) bond motifs is 2. The first-order chi connectivity index (χ1) is 10.8. The van der Waals surface area contributed by atoms with Crippen LogP contribution in [0.3, 0.4) is 0 Å². The molecule has 6 heteroatoms. The number of hydrogen-bond acceptors (Lipinski definition) is 3. The Morgan fingerprint density at radius 1 is 1.09 bits per heavy atom. The average Bonchev–Trinajstić information content (AvgIpc) is 2.53. The van der Waals surface area contributed by atoms with Crippen molar-refractivity contribution in [2.24, 2.45) is 5.11 Å². The number of azide groups is 1. The lowest BCUT2D eigenvalue weighted by molar-refractivity contribution is 1.000. The zero-order chi connectivity index (χ0) is 15.4. The van der Waals surface area contributed by atoms with Crippen LogP contribution in [0.1, 0.15) is 6.42 Å². The lowest BCUT2D eigenvalue weighted by Crippen LogP contribution is -2.01. The fraction of sp³-hybridized carbons (Fsp3) is 0.188. The summed E-state index contributed by atoms with van der Waals surface area (Å²) in [4.78, 5) is 7.49. The van der Waals surface area contributed by atoms with Crippen LogP contribution in [0.15, 0.2) is 47.6 Å². The SMILES string of the molecule is [N-]=[N+]=Nc1ccc2cc3ccc(NCCCBr)cc3nc2c1. The summed E-state index contributed by atoms with van der Waals surface area (Å²) in [5, 5.41) is 10.1. The van der Waals surface area contributed by atoms with Crippen molar-refractivity contribution in [3.05, 3.63) is 52.9 Å². The molecule has 0 saturated heterocycles. The molecule has 5 nitrogen and oxygen atoms in total. The molecule has 1 aromatic heterocycles. The van der Waals surface area contributed by atoms with Crippen molar-refractivity contribution in [2.45, 2.75) is 6.42 Å². The van der Waals surface area contributed by atoms with Gasteiger partial charge in [-0.25, -0.2) is 4.98 Å². The van der Waals surface area contributed by atoms with E-state index in [1.807, 2.05) is 12.1 Å². The van der Waals surface area contributed by atoms with Crippen molar-refractivity contribution in [1.29, 1.82) is 0 Å². The van der Waals surface area contributed by atoms with E-state index in [1.165, 1.54) is 0 Å². The fourth-order valence-electron chi connectivity index (χ4n) is 2.33. The standard InChI is InChI=1S/C16H14BrN5/c17-6-1-7-19-13-4-2-11-8-12-3-5-14(21-22-18)10-16(12)20-15(11)9-13/h2-5,8-10,19H,1,6-7H2. The monoisotopic (exact) mass is 355 g/mol. The van der Waals surface area contributed by atoms with E-state index in [9.17, 15) is 0 Å². The molecule has 1 heterocycles. The lowest BCUT2D eigenvalue weighted by Gasteiger charge is -2.07. The average molecular weight is 356 g/mol. The first-order valence-electron chi connectivity index (χ1n) is 7.00. The second-order valence-electron chi connectivity index (χ2n) is 4.93. The third kappa shape index (κ3) is 3.13. The number of alkyl halides is 1. The van der Waals surface area contributed by atoms with E-state index in [1.54, 1.807) is 12.1 Å². The molecule has 0 atom stereocenters. The molecule has 2 aromatic carbocycles. The van der Waals surface area contributed by atoms with Crippen LogP contribution < -0.4 is 5.32 Å². The van der Waals surface area contributed by atoms with Crippen LogP contribution in [-0.2, 0) is 0 Å². The highest BCUT2D eigenvalue weighted by atomic mass is 79.9. The largest absolute Gasteiger partial charge is 0.385 e. The van der Waals surface area contributed by atoms with Crippen LogP contribution >= 0.6 is 15.9 Å². The maximum atomic E-state index is 8.53. The fourth-order valence-corrected chi connectivity index (χ4v) is 2.61. The van der Waals surface area contributed by atoms with Crippen LogP contribution in [-0.4, -0.2) is 16.9 Å². The normalized spacial score (nSPS) is 10.6. The van der Waals surface area contributed by atoms with Crippen molar-refractivity contribution in [1.82, 2.24) is 4.98 Å². The van der Waals surface area contributed by atoms with Gasteiger partial charge in [-0.15, -0.1) is 0 Å². The van der Waals surface area contributed by atoms with Crippen molar-refractivity contribution in [3.63, 3.8) is 0 Å². The molecule has 110 valence electrons. The Kier molecular flexibility index (Phi) is 4.42. The van der Waals surface area contributed by atoms with E-state index < -0.39 is 0 Å². The van der Waals surface area contributed by atoms with Crippen LogP contribution in [0.5, 0.6) is 0 Å². The second kappa shape index (κ2) is 6.64. The molecule has 1 N–H and O–H groups in total. The van der Waals surface area contributed by atoms with E-state index in [4.69, 9.17) is 5.53 Å². The van der Waals surface area contributed by atoms with Gasteiger partial charge in [-0.05, 0) is 36.2 Å². The minimum absolute atomic E-state index is 0.577. The number of pyridine rings is 1. The lowest BCUT2D eigenvalue weighted by atomic mass is 10.1. The van der Waals surface area contributed by atoms with Crippen LogP contribution in [0, 0.1) is 0 Å². The minimum atomic E-state index is 0.577.